The van der Waals surface area contributed by atoms with Crippen molar-refractivity contribution in [1.82, 2.24) is 5.32 Å². The van der Waals surface area contributed by atoms with Gasteiger partial charge in [0, 0.05) is 23.6 Å². The second-order valence-electron chi connectivity index (χ2n) is 4.23. The SMILES string of the molecule is COc1cc(C(=O)NCCSSCCC(=O)O)ccc1C. The van der Waals surface area contributed by atoms with E-state index in [1.807, 2.05) is 13.0 Å². The van der Waals surface area contributed by atoms with Crippen molar-refractivity contribution >= 4 is 33.5 Å². The van der Waals surface area contributed by atoms with E-state index in [9.17, 15) is 9.59 Å². The monoisotopic (exact) mass is 329 g/mol. The van der Waals surface area contributed by atoms with E-state index in [-0.39, 0.29) is 12.3 Å². The lowest BCUT2D eigenvalue weighted by Gasteiger charge is -2.08. The molecule has 1 rings (SSSR count). The van der Waals surface area contributed by atoms with Crippen molar-refractivity contribution in [3.05, 3.63) is 29.3 Å². The Kier molecular flexibility index (Phi) is 8.07. The number of aryl methyl sites for hydroxylation is 1. The lowest BCUT2D eigenvalue weighted by atomic mass is 10.1. The molecular weight excluding hydrogens is 310 g/mol. The van der Waals surface area contributed by atoms with Gasteiger partial charge in [0.05, 0.1) is 13.5 Å². The fraction of sp³-hybridized carbons (Fsp3) is 0.429. The standard InChI is InChI=1S/C14H19NO4S2/c1-10-3-4-11(9-12(10)19-2)14(18)15-6-8-21-20-7-5-13(16)17/h3-4,9H,5-8H2,1-2H3,(H,15,18)(H,16,17). The van der Waals surface area contributed by atoms with Crippen molar-refractivity contribution in [1.29, 1.82) is 0 Å². The Morgan fingerprint density at radius 2 is 2.00 bits per heavy atom. The zero-order valence-corrected chi connectivity index (χ0v) is 13.7. The van der Waals surface area contributed by atoms with Gasteiger partial charge >= 0.3 is 5.97 Å². The number of hydrogen-bond donors (Lipinski definition) is 2. The third kappa shape index (κ3) is 6.77. The lowest BCUT2D eigenvalue weighted by Crippen LogP contribution is -2.25. The Balaban J connectivity index is 2.26. The second kappa shape index (κ2) is 9.57. The first-order valence-electron chi connectivity index (χ1n) is 6.43. The molecular formula is C14H19NO4S2. The zero-order chi connectivity index (χ0) is 15.7. The Morgan fingerprint density at radius 1 is 1.29 bits per heavy atom. The summed E-state index contributed by atoms with van der Waals surface area (Å²) in [5.74, 6) is 1.08. The Labute approximate surface area is 132 Å². The maximum absolute atomic E-state index is 11.9. The van der Waals surface area contributed by atoms with Crippen molar-refractivity contribution in [2.24, 2.45) is 0 Å². The summed E-state index contributed by atoms with van der Waals surface area (Å²) in [5, 5.41) is 11.3. The highest BCUT2D eigenvalue weighted by Crippen LogP contribution is 2.21. The molecule has 0 unspecified atom stereocenters. The van der Waals surface area contributed by atoms with Crippen LogP contribution in [0.5, 0.6) is 5.75 Å². The van der Waals surface area contributed by atoms with E-state index in [1.165, 1.54) is 10.8 Å². The summed E-state index contributed by atoms with van der Waals surface area (Å²) in [5.41, 5.74) is 1.56. The number of aliphatic carboxylic acids is 1. The van der Waals surface area contributed by atoms with Crippen LogP contribution in [0.3, 0.4) is 0 Å². The lowest BCUT2D eigenvalue weighted by molar-refractivity contribution is -0.136. The van der Waals surface area contributed by atoms with Crippen molar-refractivity contribution in [2.45, 2.75) is 13.3 Å². The Morgan fingerprint density at radius 3 is 2.67 bits per heavy atom. The maximum atomic E-state index is 11.9. The van der Waals surface area contributed by atoms with Crippen LogP contribution < -0.4 is 10.1 Å². The van der Waals surface area contributed by atoms with E-state index >= 15 is 0 Å². The predicted octanol–water partition coefficient (Wildman–Crippen LogP) is 2.59. The van der Waals surface area contributed by atoms with Crippen LogP contribution in [0.2, 0.25) is 0 Å². The van der Waals surface area contributed by atoms with Crippen LogP contribution in [-0.4, -0.2) is 42.1 Å². The van der Waals surface area contributed by atoms with Crippen molar-refractivity contribution in [2.75, 3.05) is 25.2 Å². The molecule has 0 aromatic heterocycles. The molecule has 0 atom stereocenters. The van der Waals surface area contributed by atoms with E-state index in [0.29, 0.717) is 23.6 Å². The third-order valence-electron chi connectivity index (χ3n) is 2.62. The average molecular weight is 329 g/mol. The summed E-state index contributed by atoms with van der Waals surface area (Å²) in [6.45, 7) is 2.46. The van der Waals surface area contributed by atoms with E-state index < -0.39 is 5.97 Å². The van der Waals surface area contributed by atoms with Crippen LogP contribution in [0.25, 0.3) is 0 Å². The van der Waals surface area contributed by atoms with Gasteiger partial charge in [0.15, 0.2) is 0 Å². The highest BCUT2D eigenvalue weighted by Gasteiger charge is 2.07. The maximum Gasteiger partial charge on any atom is 0.304 e. The molecule has 0 heterocycles. The van der Waals surface area contributed by atoms with Crippen molar-refractivity contribution < 1.29 is 19.4 Å². The number of carboxylic acids is 1. The molecule has 1 amide bonds. The second-order valence-corrected chi connectivity index (χ2v) is 6.93. The normalized spacial score (nSPS) is 10.2. The third-order valence-corrected chi connectivity index (χ3v) is 5.03. The molecule has 0 spiro atoms. The number of amides is 1. The molecule has 0 aliphatic heterocycles. The Bertz CT molecular complexity index is 494. The number of rotatable bonds is 9. The first-order chi connectivity index (χ1) is 10.0. The molecule has 1 aromatic rings. The highest BCUT2D eigenvalue weighted by molar-refractivity contribution is 8.76. The molecule has 0 bridgehead atoms. The minimum Gasteiger partial charge on any atom is -0.496 e. The van der Waals surface area contributed by atoms with E-state index in [2.05, 4.69) is 5.32 Å². The molecule has 0 aliphatic rings. The largest absolute Gasteiger partial charge is 0.496 e. The predicted molar refractivity (Wildman–Crippen MR) is 87.2 cm³/mol. The number of carboxylic acid groups (broad SMARTS) is 1. The quantitative estimate of drug-likeness (QED) is 0.536. The summed E-state index contributed by atoms with van der Waals surface area (Å²) in [7, 11) is 4.64. The van der Waals surface area contributed by atoms with E-state index in [4.69, 9.17) is 9.84 Å². The smallest absolute Gasteiger partial charge is 0.304 e. The zero-order valence-electron chi connectivity index (χ0n) is 12.0. The Hall–Kier alpha value is -1.34. The van der Waals surface area contributed by atoms with Gasteiger partial charge in [-0.25, -0.2) is 0 Å². The van der Waals surface area contributed by atoms with Gasteiger partial charge in [-0.1, -0.05) is 27.7 Å². The van der Waals surface area contributed by atoms with Crippen LogP contribution >= 0.6 is 21.6 Å². The minimum atomic E-state index is -0.787. The molecule has 1 aromatic carbocycles. The van der Waals surface area contributed by atoms with Crippen LogP contribution in [0.15, 0.2) is 18.2 Å². The number of carbonyl (C=O) groups excluding carboxylic acids is 1. The van der Waals surface area contributed by atoms with Crippen LogP contribution in [-0.2, 0) is 4.79 Å². The summed E-state index contributed by atoms with van der Waals surface area (Å²) in [6, 6.07) is 5.34. The number of nitrogens with one attached hydrogen (secondary N) is 1. The van der Waals surface area contributed by atoms with Gasteiger partial charge in [0.2, 0.25) is 0 Å². The van der Waals surface area contributed by atoms with E-state index in [0.717, 1.165) is 11.3 Å². The summed E-state index contributed by atoms with van der Waals surface area (Å²) >= 11 is 0. The number of carbonyl (C=O) groups is 2. The molecule has 21 heavy (non-hydrogen) atoms. The molecule has 0 radical (unpaired) electrons. The number of ether oxygens (including phenoxy) is 1. The van der Waals surface area contributed by atoms with Gasteiger partial charge in [0.25, 0.3) is 5.91 Å². The fourth-order valence-electron chi connectivity index (χ4n) is 1.52. The minimum absolute atomic E-state index is 0.135. The van der Waals surface area contributed by atoms with Gasteiger partial charge in [-0.15, -0.1) is 0 Å². The number of hydrogen-bond acceptors (Lipinski definition) is 5. The molecule has 7 heteroatoms. The first-order valence-corrected chi connectivity index (χ1v) is 8.92. The fourth-order valence-corrected chi connectivity index (χ4v) is 3.40. The van der Waals surface area contributed by atoms with Crippen LogP contribution in [0.1, 0.15) is 22.3 Å². The van der Waals surface area contributed by atoms with Crippen molar-refractivity contribution in [3.63, 3.8) is 0 Å². The summed E-state index contributed by atoms with van der Waals surface area (Å²) in [6.07, 6.45) is 0.160. The number of methoxy groups -OCH3 is 1. The molecule has 2 N–H and O–H groups in total. The molecule has 116 valence electrons. The van der Waals surface area contributed by atoms with Gasteiger partial charge in [-0.2, -0.15) is 0 Å². The molecule has 0 aliphatic carbocycles. The summed E-state index contributed by atoms with van der Waals surface area (Å²) in [4.78, 5) is 22.3. The first kappa shape index (κ1) is 17.7. The van der Waals surface area contributed by atoms with Gasteiger partial charge in [0.1, 0.15) is 5.75 Å². The molecule has 0 saturated heterocycles. The van der Waals surface area contributed by atoms with Crippen molar-refractivity contribution in [3.8, 4) is 5.75 Å². The topological polar surface area (TPSA) is 75.6 Å². The van der Waals surface area contributed by atoms with Gasteiger partial charge in [-0.05, 0) is 24.6 Å². The van der Waals surface area contributed by atoms with Crippen LogP contribution in [0, 0.1) is 6.92 Å². The van der Waals surface area contributed by atoms with E-state index in [1.54, 1.807) is 30.0 Å². The van der Waals surface area contributed by atoms with Crippen LogP contribution in [0.4, 0.5) is 0 Å². The van der Waals surface area contributed by atoms with Gasteiger partial charge in [-0.3, -0.25) is 9.59 Å². The molecule has 0 saturated carbocycles. The number of benzene rings is 1. The average Bonchev–Trinajstić information content (AvgIpc) is 2.46. The highest BCUT2D eigenvalue weighted by atomic mass is 33.1. The van der Waals surface area contributed by atoms with Gasteiger partial charge < -0.3 is 15.2 Å². The molecule has 5 nitrogen and oxygen atoms in total. The summed E-state index contributed by atoms with van der Waals surface area (Å²) < 4.78 is 5.19. The molecule has 0 fully saturated rings.